The fourth-order valence-electron chi connectivity index (χ4n) is 2.91. The number of amides is 2. The molecule has 0 bridgehead atoms. The number of hydrogen-bond acceptors (Lipinski definition) is 3. The molecule has 1 unspecified atom stereocenters. The van der Waals surface area contributed by atoms with Crippen LogP contribution in [0.1, 0.15) is 26.7 Å². The summed E-state index contributed by atoms with van der Waals surface area (Å²) in [4.78, 5) is 27.4. The summed E-state index contributed by atoms with van der Waals surface area (Å²) in [5, 5.41) is 11.7. The Hall–Kier alpha value is -1.30. The topological polar surface area (TPSA) is 72.9 Å². The maximum Gasteiger partial charge on any atom is 0.326 e. The number of hydrogen-bond donors (Lipinski definition) is 2. The average Bonchev–Trinajstić information content (AvgIpc) is 2.81. The zero-order chi connectivity index (χ0) is 14.0. The first-order valence-electron chi connectivity index (χ1n) is 7.01. The van der Waals surface area contributed by atoms with Gasteiger partial charge in [0.15, 0.2) is 0 Å². The Balaban J connectivity index is 1.91. The van der Waals surface area contributed by atoms with Gasteiger partial charge in [-0.3, -0.25) is 4.90 Å². The summed E-state index contributed by atoms with van der Waals surface area (Å²) in [5.74, 6) is -1.09. The zero-order valence-electron chi connectivity index (χ0n) is 11.6. The van der Waals surface area contributed by atoms with Crippen LogP contribution in [0.5, 0.6) is 0 Å². The highest BCUT2D eigenvalue weighted by Gasteiger charge is 2.34. The van der Waals surface area contributed by atoms with Crippen LogP contribution >= 0.6 is 0 Å². The normalized spacial score (nSPS) is 25.2. The van der Waals surface area contributed by atoms with Crippen LogP contribution in [-0.4, -0.2) is 65.2 Å². The van der Waals surface area contributed by atoms with Crippen molar-refractivity contribution >= 4 is 12.0 Å². The van der Waals surface area contributed by atoms with Gasteiger partial charge in [-0.25, -0.2) is 9.59 Å². The van der Waals surface area contributed by atoms with Crippen molar-refractivity contribution in [1.82, 2.24) is 15.1 Å². The molecule has 0 saturated carbocycles. The van der Waals surface area contributed by atoms with E-state index in [0.29, 0.717) is 12.6 Å². The lowest BCUT2D eigenvalue weighted by atomic mass is 10.1. The van der Waals surface area contributed by atoms with Crippen molar-refractivity contribution in [3.8, 4) is 0 Å². The number of carbonyl (C=O) groups excluding carboxylic acids is 1. The molecule has 108 valence electrons. The van der Waals surface area contributed by atoms with E-state index >= 15 is 0 Å². The summed E-state index contributed by atoms with van der Waals surface area (Å²) in [6.07, 6.45) is 2.33. The lowest BCUT2D eigenvalue weighted by Crippen LogP contribution is -2.57. The van der Waals surface area contributed by atoms with Gasteiger partial charge in [-0.1, -0.05) is 13.8 Å². The number of rotatable bonds is 3. The van der Waals surface area contributed by atoms with Crippen LogP contribution in [0.15, 0.2) is 0 Å². The number of aliphatic carboxylic acids is 1. The second-order valence-electron chi connectivity index (χ2n) is 5.79. The molecule has 2 N–H and O–H groups in total. The van der Waals surface area contributed by atoms with Crippen LogP contribution in [0.4, 0.5) is 4.79 Å². The van der Waals surface area contributed by atoms with Crippen LogP contribution in [0.25, 0.3) is 0 Å². The first-order valence-corrected chi connectivity index (χ1v) is 7.01. The largest absolute Gasteiger partial charge is 0.480 e. The molecule has 0 aromatic heterocycles. The molecule has 0 spiro atoms. The van der Waals surface area contributed by atoms with Crippen molar-refractivity contribution in [1.29, 1.82) is 0 Å². The number of carboxylic acid groups (broad SMARTS) is 1. The molecule has 0 aliphatic carbocycles. The minimum atomic E-state index is -0.970. The number of urea groups is 1. The van der Waals surface area contributed by atoms with E-state index in [9.17, 15) is 9.59 Å². The van der Waals surface area contributed by atoms with Gasteiger partial charge in [0.05, 0.1) is 0 Å². The lowest BCUT2D eigenvalue weighted by Gasteiger charge is -2.38. The fourth-order valence-corrected chi connectivity index (χ4v) is 2.91. The standard InChI is InChI=1S/C13H23N3O3/c1-9(2)11(12(17)18)14-13(19)16-7-6-15-5-3-4-10(15)8-16/h9-11H,3-8H2,1-2H3,(H,14,19)(H,17,18)/t10?,11-/m0/s1. The van der Waals surface area contributed by atoms with E-state index in [1.54, 1.807) is 18.7 Å². The summed E-state index contributed by atoms with van der Waals surface area (Å²) < 4.78 is 0. The predicted molar refractivity (Wildman–Crippen MR) is 71.0 cm³/mol. The average molecular weight is 269 g/mol. The molecular weight excluding hydrogens is 246 g/mol. The Bertz CT molecular complexity index is 359. The maximum absolute atomic E-state index is 12.1. The molecule has 2 amide bonds. The third-order valence-electron chi connectivity index (χ3n) is 4.09. The minimum Gasteiger partial charge on any atom is -0.480 e. The van der Waals surface area contributed by atoms with E-state index in [4.69, 9.17) is 5.11 Å². The highest BCUT2D eigenvalue weighted by atomic mass is 16.4. The molecular formula is C13H23N3O3. The van der Waals surface area contributed by atoms with Crippen molar-refractivity contribution in [2.24, 2.45) is 5.92 Å². The molecule has 2 saturated heterocycles. The molecule has 0 aromatic rings. The Morgan fingerprint density at radius 3 is 2.63 bits per heavy atom. The van der Waals surface area contributed by atoms with Gasteiger partial charge >= 0.3 is 12.0 Å². The van der Waals surface area contributed by atoms with Crippen molar-refractivity contribution in [3.05, 3.63) is 0 Å². The summed E-state index contributed by atoms with van der Waals surface area (Å²) in [6.45, 7) is 7.03. The summed E-state index contributed by atoms with van der Waals surface area (Å²) in [7, 11) is 0. The van der Waals surface area contributed by atoms with Gasteiger partial charge in [0.2, 0.25) is 0 Å². The first kappa shape index (κ1) is 14.1. The van der Waals surface area contributed by atoms with E-state index in [1.165, 1.54) is 6.42 Å². The first-order chi connectivity index (χ1) is 8.99. The highest BCUT2D eigenvalue weighted by molar-refractivity contribution is 5.82. The zero-order valence-corrected chi connectivity index (χ0v) is 11.6. The second kappa shape index (κ2) is 5.77. The third-order valence-corrected chi connectivity index (χ3v) is 4.09. The fraction of sp³-hybridized carbons (Fsp3) is 0.846. The van der Waals surface area contributed by atoms with Gasteiger partial charge in [-0.05, 0) is 25.3 Å². The van der Waals surface area contributed by atoms with Gasteiger partial charge in [-0.15, -0.1) is 0 Å². The van der Waals surface area contributed by atoms with Crippen molar-refractivity contribution in [2.75, 3.05) is 26.2 Å². The van der Waals surface area contributed by atoms with E-state index in [0.717, 1.165) is 26.1 Å². The van der Waals surface area contributed by atoms with Crippen molar-refractivity contribution in [2.45, 2.75) is 38.8 Å². The predicted octanol–water partition coefficient (Wildman–Crippen LogP) is 0.585. The molecule has 0 aromatic carbocycles. The van der Waals surface area contributed by atoms with E-state index in [1.807, 2.05) is 0 Å². The Morgan fingerprint density at radius 1 is 1.26 bits per heavy atom. The van der Waals surface area contributed by atoms with E-state index in [2.05, 4.69) is 10.2 Å². The van der Waals surface area contributed by atoms with Crippen LogP contribution < -0.4 is 5.32 Å². The van der Waals surface area contributed by atoms with Crippen molar-refractivity contribution < 1.29 is 14.7 Å². The molecule has 2 aliphatic rings. The molecule has 2 rings (SSSR count). The van der Waals surface area contributed by atoms with E-state index in [-0.39, 0.29) is 11.9 Å². The Labute approximate surface area is 113 Å². The molecule has 19 heavy (non-hydrogen) atoms. The second-order valence-corrected chi connectivity index (χ2v) is 5.79. The quantitative estimate of drug-likeness (QED) is 0.786. The molecule has 2 aliphatic heterocycles. The number of piperazine rings is 1. The summed E-state index contributed by atoms with van der Waals surface area (Å²) in [5.41, 5.74) is 0. The molecule has 6 nitrogen and oxygen atoms in total. The summed E-state index contributed by atoms with van der Waals surface area (Å²) in [6, 6.07) is -0.594. The Morgan fingerprint density at radius 2 is 2.00 bits per heavy atom. The Kier molecular flexibility index (Phi) is 4.29. The van der Waals surface area contributed by atoms with Gasteiger partial charge in [0.1, 0.15) is 6.04 Å². The van der Waals surface area contributed by atoms with Crippen LogP contribution in [0.3, 0.4) is 0 Å². The van der Waals surface area contributed by atoms with Gasteiger partial charge in [-0.2, -0.15) is 0 Å². The molecule has 2 atom stereocenters. The van der Waals surface area contributed by atoms with Crippen molar-refractivity contribution in [3.63, 3.8) is 0 Å². The molecule has 2 heterocycles. The SMILES string of the molecule is CC(C)[C@H](NC(=O)N1CCN2CCCC2C1)C(=O)O. The van der Waals surface area contributed by atoms with Crippen LogP contribution in [-0.2, 0) is 4.79 Å². The van der Waals surface area contributed by atoms with Gasteiger partial charge < -0.3 is 15.3 Å². The minimum absolute atomic E-state index is 0.116. The van der Waals surface area contributed by atoms with Gasteiger partial charge in [0.25, 0.3) is 0 Å². The highest BCUT2D eigenvalue weighted by Crippen LogP contribution is 2.21. The molecule has 6 heteroatoms. The third kappa shape index (κ3) is 3.18. The maximum atomic E-state index is 12.1. The monoisotopic (exact) mass is 269 g/mol. The van der Waals surface area contributed by atoms with Crippen LogP contribution in [0.2, 0.25) is 0 Å². The number of carboxylic acids is 1. The number of fused-ring (bicyclic) bond motifs is 1. The molecule has 0 radical (unpaired) electrons. The lowest BCUT2D eigenvalue weighted by molar-refractivity contribution is -0.140. The summed E-state index contributed by atoms with van der Waals surface area (Å²) >= 11 is 0. The number of carbonyl (C=O) groups is 2. The van der Waals surface area contributed by atoms with E-state index < -0.39 is 12.0 Å². The number of nitrogens with one attached hydrogen (secondary N) is 1. The number of nitrogens with zero attached hydrogens (tertiary/aromatic N) is 2. The van der Waals surface area contributed by atoms with Crippen LogP contribution in [0, 0.1) is 5.92 Å². The smallest absolute Gasteiger partial charge is 0.326 e. The van der Waals surface area contributed by atoms with Gasteiger partial charge in [0, 0.05) is 25.7 Å². The molecule has 2 fully saturated rings.